The summed E-state index contributed by atoms with van der Waals surface area (Å²) in [5.74, 6) is 13.0. The molecule has 4 heterocycles. The van der Waals surface area contributed by atoms with Crippen molar-refractivity contribution in [2.45, 2.75) is 57.7 Å². The van der Waals surface area contributed by atoms with Crippen LogP contribution in [0.25, 0.3) is 11.3 Å². The Balaban J connectivity index is 1.21. The molecule has 1 aromatic carbocycles. The first-order chi connectivity index (χ1) is 19.4. The van der Waals surface area contributed by atoms with Gasteiger partial charge in [0.1, 0.15) is 23.4 Å². The molecule has 3 atom stereocenters. The minimum absolute atomic E-state index is 0.171. The lowest BCUT2D eigenvalue weighted by molar-refractivity contribution is -0.135. The molecular formula is C30H33N7O3. The van der Waals surface area contributed by atoms with E-state index >= 15 is 0 Å². The van der Waals surface area contributed by atoms with E-state index in [4.69, 9.17) is 5.11 Å². The quantitative estimate of drug-likeness (QED) is 0.304. The van der Waals surface area contributed by atoms with Crippen LogP contribution >= 0.6 is 0 Å². The lowest BCUT2D eigenvalue weighted by Crippen LogP contribution is -2.50. The Hall–Kier alpha value is -4.54. The highest BCUT2D eigenvalue weighted by molar-refractivity contribution is 5.86. The average molecular weight is 540 g/mol. The molecule has 2 aliphatic heterocycles. The van der Waals surface area contributed by atoms with Crippen molar-refractivity contribution in [2.75, 3.05) is 13.1 Å². The Morgan fingerprint density at radius 2 is 1.80 bits per heavy atom. The van der Waals surface area contributed by atoms with Gasteiger partial charge in [0.15, 0.2) is 0 Å². The van der Waals surface area contributed by atoms with Gasteiger partial charge in [-0.05, 0) is 73.6 Å². The fourth-order valence-electron chi connectivity index (χ4n) is 5.22. The number of aromatic nitrogens is 4. The van der Waals surface area contributed by atoms with E-state index in [0.29, 0.717) is 24.1 Å². The molecule has 5 N–H and O–H groups in total. The molecule has 206 valence electrons. The molecule has 0 bridgehead atoms. The third-order valence-corrected chi connectivity index (χ3v) is 7.31. The van der Waals surface area contributed by atoms with Crippen molar-refractivity contribution in [3.8, 4) is 34.9 Å². The Morgan fingerprint density at radius 1 is 1.02 bits per heavy atom. The van der Waals surface area contributed by atoms with Crippen molar-refractivity contribution in [1.82, 2.24) is 35.5 Å². The van der Waals surface area contributed by atoms with Gasteiger partial charge in [-0.3, -0.25) is 4.79 Å². The standard InChI is InChI=1S/C30H33N7O3/c1-19(2)26(36-30(39)40)29(38)37-16-6-10-25(37)28-32-17-22(34-28)8-4-3-7-20-11-13-21(14-12-20)24-18-33-27(35-24)23-9-5-15-31-23/h11-14,17-19,23,25-26,31,36H,5-6,9-10,15-16H2,1-2H3,(H,32,34)(H,33,35)(H,39,40)/t23-,25-,26-/m0/s1. The molecule has 0 aliphatic carbocycles. The first kappa shape index (κ1) is 27.0. The second-order valence-electron chi connectivity index (χ2n) is 10.5. The summed E-state index contributed by atoms with van der Waals surface area (Å²) in [6, 6.07) is 7.21. The van der Waals surface area contributed by atoms with Crippen LogP contribution in [0.4, 0.5) is 4.79 Å². The number of imidazole rings is 2. The predicted molar refractivity (Wildman–Crippen MR) is 150 cm³/mol. The average Bonchev–Trinajstić information content (AvgIpc) is 3.75. The summed E-state index contributed by atoms with van der Waals surface area (Å²) in [4.78, 5) is 41.6. The SMILES string of the molecule is CC(C)[C@H](NC(=O)O)C(=O)N1CCC[C@H]1c1ncc(C#CC#Cc2ccc(-c3cnc([C@@H]4CCCN4)[nH]3)cc2)[nH]1. The van der Waals surface area contributed by atoms with Gasteiger partial charge in [-0.25, -0.2) is 14.8 Å². The topological polar surface area (TPSA) is 139 Å². The predicted octanol–water partition coefficient (Wildman–Crippen LogP) is 3.58. The maximum absolute atomic E-state index is 13.1. The largest absolute Gasteiger partial charge is 0.465 e. The number of nitrogens with one attached hydrogen (secondary N) is 4. The lowest BCUT2D eigenvalue weighted by Gasteiger charge is -2.29. The van der Waals surface area contributed by atoms with Crippen LogP contribution in [0.1, 0.15) is 74.5 Å². The number of carbonyl (C=O) groups is 2. The molecule has 0 radical (unpaired) electrons. The van der Waals surface area contributed by atoms with E-state index in [1.165, 1.54) is 6.42 Å². The van der Waals surface area contributed by atoms with E-state index in [9.17, 15) is 9.59 Å². The highest BCUT2D eigenvalue weighted by Crippen LogP contribution is 2.31. The van der Waals surface area contributed by atoms with Gasteiger partial charge in [0.2, 0.25) is 5.91 Å². The molecule has 2 fully saturated rings. The van der Waals surface area contributed by atoms with Crippen LogP contribution in [0.3, 0.4) is 0 Å². The number of hydrogen-bond acceptors (Lipinski definition) is 5. The first-order valence-electron chi connectivity index (χ1n) is 13.6. The molecule has 2 saturated heterocycles. The second kappa shape index (κ2) is 12.1. The first-order valence-corrected chi connectivity index (χ1v) is 13.6. The summed E-state index contributed by atoms with van der Waals surface area (Å²) in [6.45, 7) is 5.23. The van der Waals surface area contributed by atoms with Gasteiger partial charge in [0, 0.05) is 12.1 Å². The molecule has 0 saturated carbocycles. The highest BCUT2D eigenvalue weighted by atomic mass is 16.4. The number of nitrogens with zero attached hydrogens (tertiary/aromatic N) is 3. The van der Waals surface area contributed by atoms with Crippen molar-refractivity contribution in [3.05, 3.63) is 59.6 Å². The van der Waals surface area contributed by atoms with Gasteiger partial charge in [0.05, 0.1) is 30.2 Å². The number of carboxylic acid groups (broad SMARTS) is 1. The zero-order chi connectivity index (χ0) is 28.1. The maximum atomic E-state index is 13.1. The van der Waals surface area contributed by atoms with Crippen LogP contribution in [0.5, 0.6) is 0 Å². The third kappa shape index (κ3) is 6.19. The monoisotopic (exact) mass is 539 g/mol. The van der Waals surface area contributed by atoms with Gasteiger partial charge in [-0.1, -0.05) is 31.9 Å². The molecule has 10 nitrogen and oxygen atoms in total. The van der Waals surface area contributed by atoms with Gasteiger partial charge < -0.3 is 30.6 Å². The number of aromatic amines is 2. The minimum atomic E-state index is -1.21. The van der Waals surface area contributed by atoms with E-state index in [1.807, 2.05) is 44.3 Å². The molecule has 2 amide bonds. The molecule has 3 aromatic rings. The third-order valence-electron chi connectivity index (χ3n) is 7.31. The van der Waals surface area contributed by atoms with Gasteiger partial charge in [-0.2, -0.15) is 0 Å². The van der Waals surface area contributed by atoms with Crippen LogP contribution in [-0.2, 0) is 4.79 Å². The summed E-state index contributed by atoms with van der Waals surface area (Å²) >= 11 is 0. The van der Waals surface area contributed by atoms with E-state index < -0.39 is 12.1 Å². The zero-order valence-corrected chi connectivity index (χ0v) is 22.6. The van der Waals surface area contributed by atoms with E-state index in [-0.39, 0.29) is 17.9 Å². The molecule has 5 rings (SSSR count). The highest BCUT2D eigenvalue weighted by Gasteiger charge is 2.37. The van der Waals surface area contributed by atoms with Crippen LogP contribution in [0, 0.1) is 29.6 Å². The fraction of sp³-hybridized carbons (Fsp3) is 0.400. The number of benzene rings is 1. The Kier molecular flexibility index (Phi) is 8.18. The van der Waals surface area contributed by atoms with Crippen LogP contribution in [0.15, 0.2) is 36.7 Å². The van der Waals surface area contributed by atoms with Crippen molar-refractivity contribution in [2.24, 2.45) is 5.92 Å². The van der Waals surface area contributed by atoms with Crippen molar-refractivity contribution in [3.63, 3.8) is 0 Å². The van der Waals surface area contributed by atoms with Gasteiger partial charge in [-0.15, -0.1) is 0 Å². The molecule has 40 heavy (non-hydrogen) atoms. The Morgan fingerprint density at radius 3 is 2.52 bits per heavy atom. The smallest absolute Gasteiger partial charge is 0.405 e. The van der Waals surface area contributed by atoms with Crippen LogP contribution < -0.4 is 10.6 Å². The fourth-order valence-corrected chi connectivity index (χ4v) is 5.22. The number of rotatable bonds is 6. The normalized spacial score (nSPS) is 19.0. The van der Waals surface area contributed by atoms with Crippen molar-refractivity contribution >= 4 is 12.0 Å². The van der Waals surface area contributed by atoms with Gasteiger partial charge in [0.25, 0.3) is 0 Å². The number of H-pyrrole nitrogens is 2. The Labute approximate surface area is 233 Å². The molecule has 0 spiro atoms. The van der Waals surface area contributed by atoms with Crippen LogP contribution in [-0.4, -0.2) is 61.1 Å². The number of carbonyl (C=O) groups excluding carboxylic acids is 1. The summed E-state index contributed by atoms with van der Waals surface area (Å²) in [5.41, 5.74) is 3.50. The second-order valence-corrected chi connectivity index (χ2v) is 10.5. The lowest BCUT2D eigenvalue weighted by atomic mass is 10.0. The Bertz CT molecular complexity index is 1480. The number of amides is 2. The minimum Gasteiger partial charge on any atom is -0.465 e. The van der Waals surface area contributed by atoms with Crippen LogP contribution in [0.2, 0.25) is 0 Å². The molecule has 2 aromatic heterocycles. The number of hydrogen-bond donors (Lipinski definition) is 5. The summed E-state index contributed by atoms with van der Waals surface area (Å²) in [7, 11) is 0. The van der Waals surface area contributed by atoms with E-state index in [2.05, 4.69) is 54.3 Å². The van der Waals surface area contributed by atoms with E-state index in [1.54, 1.807) is 11.1 Å². The van der Waals surface area contributed by atoms with E-state index in [0.717, 1.165) is 48.5 Å². The summed E-state index contributed by atoms with van der Waals surface area (Å²) < 4.78 is 0. The zero-order valence-electron chi connectivity index (χ0n) is 22.6. The van der Waals surface area contributed by atoms with Crippen molar-refractivity contribution in [1.29, 1.82) is 0 Å². The summed E-state index contributed by atoms with van der Waals surface area (Å²) in [6.07, 6.45) is 6.14. The molecule has 0 unspecified atom stereocenters. The maximum Gasteiger partial charge on any atom is 0.405 e. The number of likely N-dealkylation sites (tertiary alicyclic amines) is 1. The summed E-state index contributed by atoms with van der Waals surface area (Å²) in [5, 5.41) is 15.0. The van der Waals surface area contributed by atoms with Gasteiger partial charge >= 0.3 is 6.09 Å². The molecule has 10 heteroatoms. The molecule has 2 aliphatic rings. The van der Waals surface area contributed by atoms with Crippen molar-refractivity contribution < 1.29 is 14.7 Å². The molecular weight excluding hydrogens is 506 g/mol.